The molecule has 0 fully saturated rings. The number of hydrogen-bond donors (Lipinski definition) is 1. The molecule has 94 valence electrons. The molecule has 1 N–H and O–H groups in total. The summed E-state index contributed by atoms with van der Waals surface area (Å²) in [6, 6.07) is 5.10. The van der Waals surface area contributed by atoms with E-state index in [1.807, 2.05) is 13.0 Å². The molecule has 1 amide bonds. The molecule has 0 aliphatic carbocycles. The van der Waals surface area contributed by atoms with E-state index < -0.39 is 0 Å². The van der Waals surface area contributed by atoms with Crippen LogP contribution in [0.3, 0.4) is 0 Å². The zero-order valence-corrected chi connectivity index (χ0v) is 10.6. The van der Waals surface area contributed by atoms with Crippen LogP contribution in [-0.2, 0) is 11.3 Å². The van der Waals surface area contributed by atoms with Gasteiger partial charge >= 0.3 is 0 Å². The van der Waals surface area contributed by atoms with E-state index in [9.17, 15) is 9.18 Å². The fourth-order valence-corrected chi connectivity index (χ4v) is 1.37. The van der Waals surface area contributed by atoms with Crippen molar-refractivity contribution in [2.45, 2.75) is 20.4 Å². The van der Waals surface area contributed by atoms with Crippen LogP contribution in [-0.4, -0.2) is 30.9 Å². The molecule has 0 aliphatic heterocycles. The fraction of sp³-hybridized carbons (Fsp3) is 0.462. The Labute approximate surface area is 102 Å². The first-order valence-electron chi connectivity index (χ1n) is 5.74. The molecule has 1 aromatic rings. The van der Waals surface area contributed by atoms with Crippen LogP contribution in [0.15, 0.2) is 18.2 Å². The van der Waals surface area contributed by atoms with Crippen molar-refractivity contribution in [3.8, 4) is 0 Å². The quantitative estimate of drug-likeness (QED) is 0.847. The molecule has 17 heavy (non-hydrogen) atoms. The minimum atomic E-state index is -0.207. The summed E-state index contributed by atoms with van der Waals surface area (Å²) in [6.07, 6.45) is 0. The van der Waals surface area contributed by atoms with Crippen molar-refractivity contribution in [1.82, 2.24) is 10.2 Å². The van der Waals surface area contributed by atoms with Crippen LogP contribution in [0.5, 0.6) is 0 Å². The van der Waals surface area contributed by atoms with Crippen molar-refractivity contribution in [2.24, 2.45) is 0 Å². The van der Waals surface area contributed by atoms with Gasteiger partial charge in [-0.2, -0.15) is 0 Å². The van der Waals surface area contributed by atoms with Gasteiger partial charge in [0.1, 0.15) is 5.82 Å². The Kier molecular flexibility index (Phi) is 5.10. The van der Waals surface area contributed by atoms with E-state index in [4.69, 9.17) is 0 Å². The number of nitrogens with zero attached hydrogens (tertiary/aromatic N) is 1. The van der Waals surface area contributed by atoms with Gasteiger partial charge in [0.2, 0.25) is 5.91 Å². The number of aryl methyl sites for hydroxylation is 1. The normalized spacial score (nSPS) is 10.4. The Morgan fingerprint density at radius 3 is 2.76 bits per heavy atom. The van der Waals surface area contributed by atoms with Crippen molar-refractivity contribution in [1.29, 1.82) is 0 Å². The van der Waals surface area contributed by atoms with Gasteiger partial charge in [-0.25, -0.2) is 4.39 Å². The molecule has 0 saturated carbocycles. The maximum atomic E-state index is 13.2. The second kappa shape index (κ2) is 6.35. The molecule has 4 heteroatoms. The van der Waals surface area contributed by atoms with Crippen molar-refractivity contribution >= 4 is 5.91 Å². The van der Waals surface area contributed by atoms with E-state index in [1.165, 1.54) is 6.07 Å². The lowest BCUT2D eigenvalue weighted by atomic mass is 10.1. The molecule has 0 aliphatic rings. The van der Waals surface area contributed by atoms with Crippen LogP contribution in [0.4, 0.5) is 4.39 Å². The molecule has 0 heterocycles. The number of benzene rings is 1. The second-order valence-electron chi connectivity index (χ2n) is 4.10. The average molecular weight is 238 g/mol. The van der Waals surface area contributed by atoms with Gasteiger partial charge in [0.15, 0.2) is 0 Å². The molecule has 1 aromatic carbocycles. The van der Waals surface area contributed by atoms with Gasteiger partial charge < -0.3 is 10.2 Å². The van der Waals surface area contributed by atoms with E-state index in [0.717, 1.165) is 5.56 Å². The van der Waals surface area contributed by atoms with Gasteiger partial charge in [-0.1, -0.05) is 12.1 Å². The van der Waals surface area contributed by atoms with Crippen LogP contribution < -0.4 is 5.32 Å². The van der Waals surface area contributed by atoms with Gasteiger partial charge in [0.25, 0.3) is 0 Å². The standard InChI is InChI=1S/C13H19FN2O/c1-4-16(3)13(17)9-15-8-11-6-5-10(2)12(14)7-11/h5-7,15H,4,8-9H2,1-3H3. The number of carbonyl (C=O) groups is 1. The zero-order valence-electron chi connectivity index (χ0n) is 10.6. The summed E-state index contributed by atoms with van der Waals surface area (Å²) < 4.78 is 13.2. The number of amides is 1. The van der Waals surface area contributed by atoms with Crippen molar-refractivity contribution in [3.05, 3.63) is 35.1 Å². The SMILES string of the molecule is CCN(C)C(=O)CNCc1ccc(C)c(F)c1. The third-order valence-electron chi connectivity index (χ3n) is 2.74. The largest absolute Gasteiger partial charge is 0.345 e. The predicted octanol–water partition coefficient (Wildman–Crippen LogP) is 1.70. The van der Waals surface area contributed by atoms with Crippen molar-refractivity contribution in [2.75, 3.05) is 20.1 Å². The maximum absolute atomic E-state index is 13.2. The number of nitrogens with one attached hydrogen (secondary N) is 1. The summed E-state index contributed by atoms with van der Waals surface area (Å²) in [7, 11) is 1.76. The second-order valence-corrected chi connectivity index (χ2v) is 4.10. The highest BCUT2D eigenvalue weighted by Crippen LogP contribution is 2.08. The molecular formula is C13H19FN2O. The minimum Gasteiger partial charge on any atom is -0.345 e. The van der Waals surface area contributed by atoms with Gasteiger partial charge in [-0.15, -0.1) is 0 Å². The molecule has 1 rings (SSSR count). The third-order valence-corrected chi connectivity index (χ3v) is 2.74. The molecule has 0 bridgehead atoms. The number of halogens is 1. The zero-order chi connectivity index (χ0) is 12.8. The van der Waals surface area contributed by atoms with E-state index in [-0.39, 0.29) is 18.3 Å². The summed E-state index contributed by atoms with van der Waals surface area (Å²) in [5.41, 5.74) is 1.48. The Morgan fingerprint density at radius 1 is 1.47 bits per heavy atom. The Morgan fingerprint density at radius 2 is 2.18 bits per heavy atom. The van der Waals surface area contributed by atoms with E-state index in [2.05, 4.69) is 5.32 Å². The van der Waals surface area contributed by atoms with E-state index >= 15 is 0 Å². The average Bonchev–Trinajstić information content (AvgIpc) is 2.32. The Bertz CT molecular complexity index is 393. The molecule has 3 nitrogen and oxygen atoms in total. The topological polar surface area (TPSA) is 32.3 Å². The summed E-state index contributed by atoms with van der Waals surface area (Å²) in [4.78, 5) is 13.1. The summed E-state index contributed by atoms with van der Waals surface area (Å²) in [5.74, 6) is -0.165. The van der Waals surface area contributed by atoms with Crippen LogP contribution >= 0.6 is 0 Å². The first-order chi connectivity index (χ1) is 8.04. The molecular weight excluding hydrogens is 219 g/mol. The molecule has 0 spiro atoms. The number of likely N-dealkylation sites (N-methyl/N-ethyl adjacent to an activating group) is 1. The summed E-state index contributed by atoms with van der Waals surface area (Å²) in [5, 5.41) is 3.01. The van der Waals surface area contributed by atoms with E-state index in [1.54, 1.807) is 24.9 Å². The molecule has 0 aromatic heterocycles. The lowest BCUT2D eigenvalue weighted by Gasteiger charge is -2.14. The molecule has 0 atom stereocenters. The smallest absolute Gasteiger partial charge is 0.236 e. The Hall–Kier alpha value is -1.42. The van der Waals surface area contributed by atoms with Crippen LogP contribution in [0.2, 0.25) is 0 Å². The van der Waals surface area contributed by atoms with Gasteiger partial charge in [0.05, 0.1) is 6.54 Å². The minimum absolute atomic E-state index is 0.0417. The van der Waals surface area contributed by atoms with Crippen LogP contribution in [0, 0.1) is 12.7 Å². The lowest BCUT2D eigenvalue weighted by molar-refractivity contribution is -0.128. The van der Waals surface area contributed by atoms with E-state index in [0.29, 0.717) is 18.7 Å². The third kappa shape index (κ3) is 4.15. The number of rotatable bonds is 5. The van der Waals surface area contributed by atoms with Crippen LogP contribution in [0.1, 0.15) is 18.1 Å². The van der Waals surface area contributed by atoms with Gasteiger partial charge in [-0.05, 0) is 31.0 Å². The summed E-state index contributed by atoms with van der Waals surface area (Å²) >= 11 is 0. The molecule has 0 unspecified atom stereocenters. The van der Waals surface area contributed by atoms with Gasteiger partial charge in [-0.3, -0.25) is 4.79 Å². The van der Waals surface area contributed by atoms with Crippen molar-refractivity contribution < 1.29 is 9.18 Å². The highest BCUT2D eigenvalue weighted by atomic mass is 19.1. The predicted molar refractivity (Wildman–Crippen MR) is 66.2 cm³/mol. The van der Waals surface area contributed by atoms with Crippen LogP contribution in [0.25, 0.3) is 0 Å². The number of hydrogen-bond acceptors (Lipinski definition) is 2. The first kappa shape index (κ1) is 13.6. The maximum Gasteiger partial charge on any atom is 0.236 e. The summed E-state index contributed by atoms with van der Waals surface area (Å²) in [6.45, 7) is 5.12. The number of carbonyl (C=O) groups excluding carboxylic acids is 1. The highest BCUT2D eigenvalue weighted by Gasteiger charge is 2.05. The van der Waals surface area contributed by atoms with Crippen molar-refractivity contribution in [3.63, 3.8) is 0 Å². The monoisotopic (exact) mass is 238 g/mol. The molecule has 0 radical (unpaired) electrons. The molecule has 0 saturated heterocycles. The van der Waals surface area contributed by atoms with Gasteiger partial charge in [0, 0.05) is 20.1 Å². The Balaban J connectivity index is 2.41. The first-order valence-corrected chi connectivity index (χ1v) is 5.74. The lowest BCUT2D eigenvalue weighted by Crippen LogP contribution is -2.35. The fourth-order valence-electron chi connectivity index (χ4n) is 1.37. The highest BCUT2D eigenvalue weighted by molar-refractivity contribution is 5.77.